The first-order chi connectivity index (χ1) is 12.5. The van der Waals surface area contributed by atoms with E-state index in [1.165, 1.54) is 30.3 Å². The number of hydrogen-bond donors (Lipinski definition) is 2. The summed E-state index contributed by atoms with van der Waals surface area (Å²) in [7, 11) is -3.49. The number of carbonyl (C=O) groups excluding carboxylic acids is 1. The molecule has 1 amide bonds. The standard InChI is InChI=1S/C19H21NO6S/c1-11(2)26-16-8-7-14(19(22)23)9-15(16)20-18(21)13-6-5-12(3)17(10-13)27(4,24)25/h5-11H,1-4H3,(H,20,21)(H,22,23). The maximum Gasteiger partial charge on any atom is 0.335 e. The molecule has 2 rings (SSSR count). The summed E-state index contributed by atoms with van der Waals surface area (Å²) >= 11 is 0. The summed E-state index contributed by atoms with van der Waals surface area (Å²) in [5, 5.41) is 11.8. The Morgan fingerprint density at radius 3 is 2.26 bits per heavy atom. The SMILES string of the molecule is Cc1ccc(C(=O)Nc2cc(C(=O)O)ccc2OC(C)C)cc1S(C)(=O)=O. The molecular formula is C19H21NO6S. The molecule has 2 N–H and O–H groups in total. The van der Waals surface area contributed by atoms with E-state index in [4.69, 9.17) is 9.84 Å². The molecule has 7 nitrogen and oxygen atoms in total. The van der Waals surface area contributed by atoms with Crippen LogP contribution in [0, 0.1) is 6.92 Å². The van der Waals surface area contributed by atoms with Crippen molar-refractivity contribution in [1.29, 1.82) is 0 Å². The molecule has 0 aliphatic rings. The molecule has 8 heteroatoms. The highest BCUT2D eigenvalue weighted by atomic mass is 32.2. The normalized spacial score (nSPS) is 11.3. The van der Waals surface area contributed by atoms with E-state index in [0.29, 0.717) is 11.3 Å². The predicted molar refractivity (Wildman–Crippen MR) is 101 cm³/mol. The minimum Gasteiger partial charge on any atom is -0.489 e. The molecule has 0 heterocycles. The second kappa shape index (κ2) is 7.79. The van der Waals surface area contributed by atoms with Gasteiger partial charge in [-0.15, -0.1) is 0 Å². The average molecular weight is 391 g/mol. The van der Waals surface area contributed by atoms with Gasteiger partial charge in [-0.25, -0.2) is 13.2 Å². The zero-order chi connectivity index (χ0) is 20.4. The Morgan fingerprint density at radius 2 is 1.70 bits per heavy atom. The fourth-order valence-corrected chi connectivity index (χ4v) is 3.45. The van der Waals surface area contributed by atoms with E-state index < -0.39 is 21.7 Å². The van der Waals surface area contributed by atoms with E-state index in [1.54, 1.807) is 26.8 Å². The number of carbonyl (C=O) groups is 2. The lowest BCUT2D eigenvalue weighted by molar-refractivity contribution is 0.0696. The number of aryl methyl sites for hydroxylation is 1. The molecule has 0 saturated carbocycles. The number of carboxylic acid groups (broad SMARTS) is 1. The quantitative estimate of drug-likeness (QED) is 0.783. The Bertz CT molecular complexity index is 995. The summed E-state index contributed by atoms with van der Waals surface area (Å²) in [6.07, 6.45) is 0.884. The first-order valence-electron chi connectivity index (χ1n) is 8.15. The van der Waals surface area contributed by atoms with Crippen molar-refractivity contribution in [3.63, 3.8) is 0 Å². The van der Waals surface area contributed by atoms with E-state index in [1.807, 2.05) is 0 Å². The van der Waals surface area contributed by atoms with Crippen LogP contribution in [0.3, 0.4) is 0 Å². The number of carboxylic acids is 1. The lowest BCUT2D eigenvalue weighted by Crippen LogP contribution is -2.16. The van der Waals surface area contributed by atoms with Crippen molar-refractivity contribution in [3.8, 4) is 5.75 Å². The number of hydrogen-bond acceptors (Lipinski definition) is 5. The summed E-state index contributed by atoms with van der Waals surface area (Å²) < 4.78 is 29.3. The molecule has 2 aromatic rings. The van der Waals surface area contributed by atoms with Crippen molar-refractivity contribution in [1.82, 2.24) is 0 Å². The van der Waals surface area contributed by atoms with Gasteiger partial charge in [-0.05, 0) is 56.7 Å². The zero-order valence-corrected chi connectivity index (χ0v) is 16.3. The number of nitrogens with one attached hydrogen (secondary N) is 1. The number of anilines is 1. The van der Waals surface area contributed by atoms with Crippen LogP contribution >= 0.6 is 0 Å². The van der Waals surface area contributed by atoms with Crippen LogP contribution in [0.2, 0.25) is 0 Å². The first-order valence-corrected chi connectivity index (χ1v) is 10.0. The summed E-state index contributed by atoms with van der Waals surface area (Å²) in [6, 6.07) is 8.49. The minimum atomic E-state index is -3.49. The summed E-state index contributed by atoms with van der Waals surface area (Å²) in [4.78, 5) is 23.9. The maximum atomic E-state index is 12.6. The summed E-state index contributed by atoms with van der Waals surface area (Å²) in [6.45, 7) is 5.24. The molecule has 0 unspecified atom stereocenters. The molecule has 0 aliphatic heterocycles. The van der Waals surface area contributed by atoms with Crippen LogP contribution in [0.4, 0.5) is 5.69 Å². The van der Waals surface area contributed by atoms with Crippen LogP contribution in [-0.4, -0.2) is 37.8 Å². The van der Waals surface area contributed by atoms with Gasteiger partial charge in [-0.2, -0.15) is 0 Å². The lowest BCUT2D eigenvalue weighted by atomic mass is 10.1. The number of sulfone groups is 1. The lowest BCUT2D eigenvalue weighted by Gasteiger charge is -2.16. The van der Waals surface area contributed by atoms with Crippen LogP contribution in [0.25, 0.3) is 0 Å². The van der Waals surface area contributed by atoms with Gasteiger partial charge in [0.05, 0.1) is 22.3 Å². The zero-order valence-electron chi connectivity index (χ0n) is 15.4. The van der Waals surface area contributed by atoms with Crippen LogP contribution in [0.1, 0.15) is 40.1 Å². The number of aromatic carboxylic acids is 1. The van der Waals surface area contributed by atoms with Crippen molar-refractivity contribution >= 4 is 27.4 Å². The molecule has 0 fully saturated rings. The van der Waals surface area contributed by atoms with Gasteiger partial charge in [-0.1, -0.05) is 6.07 Å². The molecule has 0 aliphatic carbocycles. The molecule has 0 atom stereocenters. The van der Waals surface area contributed by atoms with Crippen molar-refractivity contribution in [3.05, 3.63) is 53.1 Å². The third kappa shape index (κ3) is 5.07. The van der Waals surface area contributed by atoms with Crippen molar-refractivity contribution in [2.75, 3.05) is 11.6 Å². The van der Waals surface area contributed by atoms with Gasteiger partial charge in [0, 0.05) is 11.8 Å². The Balaban J connectivity index is 2.42. The first kappa shape index (κ1) is 20.4. The predicted octanol–water partition coefficient (Wildman–Crippen LogP) is 3.14. The minimum absolute atomic E-state index is 0.0119. The number of rotatable bonds is 6. The fraction of sp³-hybridized carbons (Fsp3) is 0.263. The number of amides is 1. The summed E-state index contributed by atoms with van der Waals surface area (Å²) in [5.41, 5.74) is 0.847. The van der Waals surface area contributed by atoms with Gasteiger partial charge in [0.25, 0.3) is 5.91 Å². The Kier molecular flexibility index (Phi) is 5.90. The highest BCUT2D eigenvalue weighted by Crippen LogP contribution is 2.28. The van der Waals surface area contributed by atoms with Crippen LogP contribution in [-0.2, 0) is 9.84 Å². The monoisotopic (exact) mass is 391 g/mol. The topological polar surface area (TPSA) is 110 Å². The van der Waals surface area contributed by atoms with Gasteiger partial charge in [0.1, 0.15) is 5.75 Å². The molecule has 2 aromatic carbocycles. The van der Waals surface area contributed by atoms with Gasteiger partial charge in [0.15, 0.2) is 9.84 Å². The highest BCUT2D eigenvalue weighted by Gasteiger charge is 2.17. The van der Waals surface area contributed by atoms with Crippen molar-refractivity contribution in [2.45, 2.75) is 31.8 Å². The molecule has 0 aromatic heterocycles. The number of ether oxygens (including phenoxy) is 1. The maximum absolute atomic E-state index is 12.6. The third-order valence-electron chi connectivity index (χ3n) is 3.69. The van der Waals surface area contributed by atoms with Crippen LogP contribution in [0.5, 0.6) is 5.75 Å². The van der Waals surface area contributed by atoms with Gasteiger partial charge in [0.2, 0.25) is 0 Å². The molecule has 0 spiro atoms. The number of benzene rings is 2. The van der Waals surface area contributed by atoms with E-state index in [0.717, 1.165) is 6.26 Å². The highest BCUT2D eigenvalue weighted by molar-refractivity contribution is 7.90. The van der Waals surface area contributed by atoms with E-state index in [-0.39, 0.29) is 27.8 Å². The van der Waals surface area contributed by atoms with E-state index in [9.17, 15) is 18.0 Å². The molecule has 0 bridgehead atoms. The Morgan fingerprint density at radius 1 is 1.07 bits per heavy atom. The van der Waals surface area contributed by atoms with Crippen LogP contribution < -0.4 is 10.1 Å². The molecule has 0 saturated heterocycles. The Hall–Kier alpha value is -2.87. The second-order valence-electron chi connectivity index (χ2n) is 6.39. The summed E-state index contributed by atoms with van der Waals surface area (Å²) in [5.74, 6) is -1.40. The van der Waals surface area contributed by atoms with Gasteiger partial charge < -0.3 is 15.2 Å². The largest absolute Gasteiger partial charge is 0.489 e. The van der Waals surface area contributed by atoms with Crippen LogP contribution in [0.15, 0.2) is 41.3 Å². The average Bonchev–Trinajstić information content (AvgIpc) is 2.55. The van der Waals surface area contributed by atoms with Crippen molar-refractivity contribution < 1.29 is 27.9 Å². The van der Waals surface area contributed by atoms with E-state index in [2.05, 4.69) is 5.32 Å². The van der Waals surface area contributed by atoms with Gasteiger partial charge in [-0.3, -0.25) is 4.79 Å². The second-order valence-corrected chi connectivity index (χ2v) is 8.37. The van der Waals surface area contributed by atoms with Crippen molar-refractivity contribution in [2.24, 2.45) is 0 Å². The molecule has 27 heavy (non-hydrogen) atoms. The van der Waals surface area contributed by atoms with Gasteiger partial charge >= 0.3 is 5.97 Å². The Labute approximate surface area is 157 Å². The molecular weight excluding hydrogens is 370 g/mol. The smallest absolute Gasteiger partial charge is 0.335 e. The molecule has 144 valence electrons. The van der Waals surface area contributed by atoms with E-state index >= 15 is 0 Å². The molecule has 0 radical (unpaired) electrons. The third-order valence-corrected chi connectivity index (χ3v) is 4.93. The fourth-order valence-electron chi connectivity index (χ4n) is 2.45.